The molecule has 106 valence electrons. The van der Waals surface area contributed by atoms with Gasteiger partial charge in [0, 0.05) is 12.6 Å². The highest BCUT2D eigenvalue weighted by atomic mass is 35.5. The van der Waals surface area contributed by atoms with Crippen LogP contribution in [-0.4, -0.2) is 25.0 Å². The summed E-state index contributed by atoms with van der Waals surface area (Å²) in [6, 6.07) is 4.98. The summed E-state index contributed by atoms with van der Waals surface area (Å²) >= 11 is 0. The Morgan fingerprint density at radius 3 is 2.89 bits per heavy atom. The van der Waals surface area contributed by atoms with Crippen LogP contribution in [0, 0.1) is 12.7 Å². The molecule has 1 aliphatic heterocycles. The topological polar surface area (TPSA) is 41.1 Å². The molecule has 2 rings (SSSR count). The number of carbonyl (C=O) groups is 1. The second-order valence-electron chi connectivity index (χ2n) is 4.84. The fourth-order valence-electron chi connectivity index (χ4n) is 2.21. The highest BCUT2D eigenvalue weighted by Crippen LogP contribution is 2.10. The highest BCUT2D eigenvalue weighted by molar-refractivity contribution is 5.94. The Balaban J connectivity index is 0.00000180. The standard InChI is InChI=1S/C14H19FN2O.ClH/c1-10-5-6-12(13(15)8-10)14(18)17-9-11-4-2-3-7-16-11;/h5-6,8,11,16H,2-4,7,9H2,1H3,(H,17,18);1H. The summed E-state index contributed by atoms with van der Waals surface area (Å²) in [5.41, 5.74) is 0.939. The van der Waals surface area contributed by atoms with Gasteiger partial charge in [0.15, 0.2) is 0 Å². The molecule has 1 saturated heterocycles. The van der Waals surface area contributed by atoms with Crippen LogP contribution in [0.1, 0.15) is 35.2 Å². The molecule has 1 amide bonds. The van der Waals surface area contributed by atoms with E-state index in [0.717, 1.165) is 18.5 Å². The molecule has 0 aromatic heterocycles. The van der Waals surface area contributed by atoms with Crippen LogP contribution < -0.4 is 10.6 Å². The fraction of sp³-hybridized carbons (Fsp3) is 0.500. The highest BCUT2D eigenvalue weighted by Gasteiger charge is 2.15. The van der Waals surface area contributed by atoms with Crippen LogP contribution in [-0.2, 0) is 0 Å². The van der Waals surface area contributed by atoms with Gasteiger partial charge in [0.2, 0.25) is 0 Å². The lowest BCUT2D eigenvalue weighted by molar-refractivity contribution is 0.0943. The van der Waals surface area contributed by atoms with E-state index in [1.165, 1.54) is 25.0 Å². The van der Waals surface area contributed by atoms with Crippen LogP contribution in [0.2, 0.25) is 0 Å². The summed E-state index contributed by atoms with van der Waals surface area (Å²) in [6.07, 6.45) is 3.44. The van der Waals surface area contributed by atoms with Gasteiger partial charge in [-0.25, -0.2) is 4.39 Å². The molecule has 0 saturated carbocycles. The zero-order valence-electron chi connectivity index (χ0n) is 11.0. The predicted molar refractivity (Wildman–Crippen MR) is 76.4 cm³/mol. The van der Waals surface area contributed by atoms with Crippen molar-refractivity contribution in [2.45, 2.75) is 32.2 Å². The Labute approximate surface area is 119 Å². The lowest BCUT2D eigenvalue weighted by Crippen LogP contribution is -2.43. The van der Waals surface area contributed by atoms with Gasteiger partial charge in [0.25, 0.3) is 5.91 Å². The number of hydrogen-bond donors (Lipinski definition) is 2. The van der Waals surface area contributed by atoms with Crippen LogP contribution in [0.3, 0.4) is 0 Å². The molecule has 19 heavy (non-hydrogen) atoms. The Bertz CT molecular complexity index is 433. The van der Waals surface area contributed by atoms with Gasteiger partial charge in [0.1, 0.15) is 5.82 Å². The van der Waals surface area contributed by atoms with Crippen molar-refractivity contribution in [3.63, 3.8) is 0 Å². The van der Waals surface area contributed by atoms with E-state index >= 15 is 0 Å². The molecule has 2 N–H and O–H groups in total. The van der Waals surface area contributed by atoms with E-state index in [1.54, 1.807) is 13.0 Å². The quantitative estimate of drug-likeness (QED) is 0.896. The molecule has 1 unspecified atom stereocenters. The monoisotopic (exact) mass is 286 g/mol. The SMILES string of the molecule is Cc1ccc(C(=O)NCC2CCCCN2)c(F)c1.Cl. The van der Waals surface area contributed by atoms with Crippen LogP contribution in [0.4, 0.5) is 4.39 Å². The summed E-state index contributed by atoms with van der Waals surface area (Å²) in [6.45, 7) is 3.36. The van der Waals surface area contributed by atoms with Gasteiger partial charge < -0.3 is 10.6 Å². The van der Waals surface area contributed by atoms with Crippen molar-refractivity contribution in [3.8, 4) is 0 Å². The number of hydrogen-bond acceptors (Lipinski definition) is 2. The summed E-state index contributed by atoms with van der Waals surface area (Å²) in [7, 11) is 0. The van der Waals surface area contributed by atoms with Crippen molar-refractivity contribution < 1.29 is 9.18 Å². The molecule has 0 radical (unpaired) electrons. The number of halogens is 2. The normalized spacial score (nSPS) is 18.5. The average molecular weight is 287 g/mol. The molecule has 1 atom stereocenters. The van der Waals surface area contributed by atoms with Gasteiger partial charge in [0.05, 0.1) is 5.56 Å². The Kier molecular flexibility index (Phi) is 6.25. The molecular formula is C14H20ClFN2O. The molecule has 1 fully saturated rings. The average Bonchev–Trinajstić information content (AvgIpc) is 2.37. The number of amides is 1. The first-order valence-corrected chi connectivity index (χ1v) is 6.44. The molecule has 1 aliphatic rings. The van der Waals surface area contributed by atoms with Gasteiger partial charge in [-0.2, -0.15) is 0 Å². The van der Waals surface area contributed by atoms with Crippen LogP contribution >= 0.6 is 12.4 Å². The van der Waals surface area contributed by atoms with Gasteiger partial charge >= 0.3 is 0 Å². The van der Waals surface area contributed by atoms with E-state index in [4.69, 9.17) is 0 Å². The van der Waals surface area contributed by atoms with Crippen LogP contribution in [0.5, 0.6) is 0 Å². The number of nitrogens with one attached hydrogen (secondary N) is 2. The smallest absolute Gasteiger partial charge is 0.254 e. The number of piperidine rings is 1. The van der Waals surface area contributed by atoms with E-state index in [2.05, 4.69) is 10.6 Å². The maximum atomic E-state index is 13.6. The fourth-order valence-corrected chi connectivity index (χ4v) is 2.21. The first kappa shape index (κ1) is 15.9. The Morgan fingerprint density at radius 1 is 1.47 bits per heavy atom. The second kappa shape index (κ2) is 7.46. The summed E-state index contributed by atoms with van der Waals surface area (Å²) in [5.74, 6) is -0.788. The van der Waals surface area contributed by atoms with Gasteiger partial charge in [-0.1, -0.05) is 12.5 Å². The van der Waals surface area contributed by atoms with E-state index < -0.39 is 5.82 Å². The lowest BCUT2D eigenvalue weighted by atomic mass is 10.0. The minimum atomic E-state index is -0.455. The Morgan fingerprint density at radius 2 is 2.26 bits per heavy atom. The molecule has 0 spiro atoms. The van der Waals surface area contributed by atoms with Crippen LogP contribution in [0.15, 0.2) is 18.2 Å². The lowest BCUT2D eigenvalue weighted by Gasteiger charge is -2.23. The third kappa shape index (κ3) is 4.48. The molecule has 5 heteroatoms. The molecular weight excluding hydrogens is 267 g/mol. The maximum Gasteiger partial charge on any atom is 0.254 e. The van der Waals surface area contributed by atoms with Gasteiger partial charge in [-0.3, -0.25) is 4.79 Å². The predicted octanol–water partition coefficient (Wildman–Crippen LogP) is 2.43. The number of benzene rings is 1. The third-order valence-electron chi connectivity index (χ3n) is 3.29. The van der Waals surface area contributed by atoms with Gasteiger partial charge in [-0.05, 0) is 44.0 Å². The minimum Gasteiger partial charge on any atom is -0.350 e. The molecule has 1 aromatic carbocycles. The summed E-state index contributed by atoms with van der Waals surface area (Å²) in [5, 5.41) is 6.13. The zero-order chi connectivity index (χ0) is 13.0. The largest absolute Gasteiger partial charge is 0.350 e. The minimum absolute atomic E-state index is 0. The zero-order valence-corrected chi connectivity index (χ0v) is 11.9. The van der Waals surface area contributed by atoms with E-state index in [0.29, 0.717) is 12.6 Å². The summed E-state index contributed by atoms with van der Waals surface area (Å²) < 4.78 is 13.6. The maximum absolute atomic E-state index is 13.6. The number of rotatable bonds is 3. The van der Waals surface area contributed by atoms with E-state index in [1.807, 2.05) is 0 Å². The van der Waals surface area contributed by atoms with E-state index in [9.17, 15) is 9.18 Å². The van der Waals surface area contributed by atoms with Gasteiger partial charge in [-0.15, -0.1) is 12.4 Å². The third-order valence-corrected chi connectivity index (χ3v) is 3.29. The van der Waals surface area contributed by atoms with Crippen molar-refractivity contribution in [2.24, 2.45) is 0 Å². The summed E-state index contributed by atoms with van der Waals surface area (Å²) in [4.78, 5) is 11.8. The number of carbonyl (C=O) groups excluding carboxylic acids is 1. The molecule has 3 nitrogen and oxygen atoms in total. The number of aryl methyl sites for hydroxylation is 1. The molecule has 1 heterocycles. The molecule has 0 bridgehead atoms. The van der Waals surface area contributed by atoms with E-state index in [-0.39, 0.29) is 23.9 Å². The Hall–Kier alpha value is -1.13. The molecule has 0 aliphatic carbocycles. The van der Waals surface area contributed by atoms with Crippen molar-refractivity contribution >= 4 is 18.3 Å². The van der Waals surface area contributed by atoms with Crippen molar-refractivity contribution in [2.75, 3.05) is 13.1 Å². The first-order valence-electron chi connectivity index (χ1n) is 6.44. The van der Waals surface area contributed by atoms with Crippen molar-refractivity contribution in [1.29, 1.82) is 0 Å². The van der Waals surface area contributed by atoms with Crippen molar-refractivity contribution in [1.82, 2.24) is 10.6 Å². The van der Waals surface area contributed by atoms with Crippen molar-refractivity contribution in [3.05, 3.63) is 35.1 Å². The molecule has 1 aromatic rings. The second-order valence-corrected chi connectivity index (χ2v) is 4.84. The van der Waals surface area contributed by atoms with Crippen LogP contribution in [0.25, 0.3) is 0 Å². The first-order chi connectivity index (χ1) is 8.66.